The highest BCUT2D eigenvalue weighted by Gasteiger charge is 2.27. The molecule has 5 heteroatoms. The second-order valence-corrected chi connectivity index (χ2v) is 5.48. The molecule has 0 aliphatic carbocycles. The molecule has 3 rings (SSSR count). The van der Waals surface area contributed by atoms with E-state index in [2.05, 4.69) is 16.4 Å². The molecule has 1 saturated heterocycles. The summed E-state index contributed by atoms with van der Waals surface area (Å²) in [4.78, 5) is 17.6. The average Bonchev–Trinajstić information content (AvgIpc) is 2.81. The fourth-order valence-electron chi connectivity index (χ4n) is 2.82. The van der Waals surface area contributed by atoms with Crippen LogP contribution in [0.5, 0.6) is 0 Å². The van der Waals surface area contributed by atoms with E-state index in [1.807, 2.05) is 32.0 Å². The summed E-state index contributed by atoms with van der Waals surface area (Å²) >= 11 is 0. The summed E-state index contributed by atoms with van der Waals surface area (Å²) in [7, 11) is 0. The van der Waals surface area contributed by atoms with E-state index in [1.54, 1.807) is 4.90 Å². The number of benzene rings is 1. The molecule has 108 valence electrons. The third kappa shape index (κ3) is 2.28. The van der Waals surface area contributed by atoms with E-state index in [0.717, 1.165) is 28.7 Å². The summed E-state index contributed by atoms with van der Waals surface area (Å²) in [5.41, 5.74) is 3.97. The molecule has 1 amide bonds. The first-order valence-electron chi connectivity index (χ1n) is 7.12. The number of hydrogen-bond donors (Lipinski definition) is 2. The zero-order valence-corrected chi connectivity index (χ0v) is 12.2. The van der Waals surface area contributed by atoms with E-state index >= 15 is 0 Å². The van der Waals surface area contributed by atoms with Crippen molar-refractivity contribution >= 4 is 16.8 Å². The van der Waals surface area contributed by atoms with Crippen molar-refractivity contribution in [1.29, 1.82) is 5.26 Å². The molecule has 1 atom stereocenters. The number of H-pyrrole nitrogens is 1. The Balaban J connectivity index is 1.97. The van der Waals surface area contributed by atoms with Crippen LogP contribution < -0.4 is 5.32 Å². The maximum Gasteiger partial charge on any atom is 0.255 e. The molecular formula is C16H18N4O. The molecule has 5 nitrogen and oxygen atoms in total. The van der Waals surface area contributed by atoms with E-state index in [9.17, 15) is 10.1 Å². The number of aryl methyl sites for hydroxylation is 2. The van der Waals surface area contributed by atoms with E-state index < -0.39 is 6.04 Å². The first kappa shape index (κ1) is 13.7. The highest BCUT2D eigenvalue weighted by Crippen LogP contribution is 2.23. The first-order chi connectivity index (χ1) is 10.1. The summed E-state index contributed by atoms with van der Waals surface area (Å²) in [6, 6.07) is 7.49. The molecule has 2 aromatic rings. The number of rotatable bonds is 1. The Bertz CT molecular complexity index is 741. The van der Waals surface area contributed by atoms with E-state index in [4.69, 9.17) is 0 Å². The Hall–Kier alpha value is -2.32. The van der Waals surface area contributed by atoms with Crippen molar-refractivity contribution < 1.29 is 4.79 Å². The molecule has 0 spiro atoms. The molecule has 2 N–H and O–H groups in total. The molecular weight excluding hydrogens is 264 g/mol. The van der Waals surface area contributed by atoms with Crippen LogP contribution in [-0.4, -0.2) is 41.5 Å². The van der Waals surface area contributed by atoms with Crippen LogP contribution in [-0.2, 0) is 0 Å². The molecule has 1 aliphatic rings. The fourth-order valence-corrected chi connectivity index (χ4v) is 2.82. The van der Waals surface area contributed by atoms with Gasteiger partial charge in [-0.15, -0.1) is 0 Å². The van der Waals surface area contributed by atoms with Crippen LogP contribution in [0, 0.1) is 25.2 Å². The Kier molecular flexibility index (Phi) is 3.40. The van der Waals surface area contributed by atoms with Crippen molar-refractivity contribution in [2.24, 2.45) is 0 Å². The van der Waals surface area contributed by atoms with Gasteiger partial charge in [-0.3, -0.25) is 4.79 Å². The number of carbonyl (C=O) groups is 1. The van der Waals surface area contributed by atoms with Crippen LogP contribution in [0.2, 0.25) is 0 Å². The summed E-state index contributed by atoms with van der Waals surface area (Å²) in [5, 5.41) is 13.4. The SMILES string of the molecule is Cc1[nH]c2ccc(C(=O)N3CCNCC3C#N)cc2c1C. The lowest BCUT2D eigenvalue weighted by Crippen LogP contribution is -2.53. The second-order valence-electron chi connectivity index (χ2n) is 5.48. The molecule has 0 saturated carbocycles. The molecule has 1 unspecified atom stereocenters. The van der Waals surface area contributed by atoms with Crippen LogP contribution in [0.1, 0.15) is 21.6 Å². The number of aromatic nitrogens is 1. The highest BCUT2D eigenvalue weighted by atomic mass is 16.2. The van der Waals surface area contributed by atoms with Crippen molar-refractivity contribution in [3.8, 4) is 6.07 Å². The Morgan fingerprint density at radius 1 is 1.43 bits per heavy atom. The minimum Gasteiger partial charge on any atom is -0.358 e. The van der Waals surface area contributed by atoms with Crippen LogP contribution in [0.4, 0.5) is 0 Å². The lowest BCUT2D eigenvalue weighted by molar-refractivity contribution is 0.0687. The van der Waals surface area contributed by atoms with Crippen molar-refractivity contribution in [3.63, 3.8) is 0 Å². The lowest BCUT2D eigenvalue weighted by atomic mass is 10.1. The monoisotopic (exact) mass is 282 g/mol. The smallest absolute Gasteiger partial charge is 0.255 e. The minimum absolute atomic E-state index is 0.0665. The number of nitrogens with zero attached hydrogens (tertiary/aromatic N) is 2. The Morgan fingerprint density at radius 3 is 3.00 bits per heavy atom. The average molecular weight is 282 g/mol. The fraction of sp³-hybridized carbons (Fsp3) is 0.375. The van der Waals surface area contributed by atoms with Gasteiger partial charge in [0.25, 0.3) is 5.91 Å². The van der Waals surface area contributed by atoms with Gasteiger partial charge < -0.3 is 15.2 Å². The van der Waals surface area contributed by atoms with Crippen LogP contribution in [0.15, 0.2) is 18.2 Å². The van der Waals surface area contributed by atoms with Crippen LogP contribution in [0.3, 0.4) is 0 Å². The van der Waals surface area contributed by atoms with Gasteiger partial charge in [0, 0.05) is 41.8 Å². The molecule has 0 bridgehead atoms. The van der Waals surface area contributed by atoms with Gasteiger partial charge in [-0.2, -0.15) is 5.26 Å². The molecule has 0 radical (unpaired) electrons. The van der Waals surface area contributed by atoms with Gasteiger partial charge in [0.15, 0.2) is 0 Å². The summed E-state index contributed by atoms with van der Waals surface area (Å²) in [6.07, 6.45) is 0. The molecule has 1 aliphatic heterocycles. The standard InChI is InChI=1S/C16H18N4O/c1-10-11(2)19-15-4-3-12(7-14(10)15)16(21)20-6-5-18-9-13(20)8-17/h3-4,7,13,18-19H,5-6,9H2,1-2H3. The summed E-state index contributed by atoms with van der Waals surface area (Å²) < 4.78 is 0. The third-order valence-electron chi connectivity index (χ3n) is 4.21. The number of aromatic amines is 1. The number of fused-ring (bicyclic) bond motifs is 1. The predicted octanol–water partition coefficient (Wildman–Crippen LogP) is 1.72. The van der Waals surface area contributed by atoms with Gasteiger partial charge >= 0.3 is 0 Å². The van der Waals surface area contributed by atoms with Gasteiger partial charge in [0.2, 0.25) is 0 Å². The maximum absolute atomic E-state index is 12.7. The number of piperazine rings is 1. The van der Waals surface area contributed by atoms with E-state index in [0.29, 0.717) is 18.7 Å². The normalized spacial score (nSPS) is 18.7. The van der Waals surface area contributed by atoms with Gasteiger partial charge in [0.1, 0.15) is 6.04 Å². The van der Waals surface area contributed by atoms with Crippen molar-refractivity contribution in [1.82, 2.24) is 15.2 Å². The van der Waals surface area contributed by atoms with E-state index in [1.165, 1.54) is 0 Å². The van der Waals surface area contributed by atoms with E-state index in [-0.39, 0.29) is 5.91 Å². The number of nitriles is 1. The number of carbonyl (C=O) groups excluding carboxylic acids is 1. The van der Waals surface area contributed by atoms with Crippen molar-refractivity contribution in [2.45, 2.75) is 19.9 Å². The van der Waals surface area contributed by atoms with Crippen LogP contribution >= 0.6 is 0 Å². The predicted molar refractivity (Wildman–Crippen MR) is 81.1 cm³/mol. The molecule has 2 heterocycles. The number of amides is 1. The maximum atomic E-state index is 12.7. The van der Waals surface area contributed by atoms with Gasteiger partial charge in [-0.05, 0) is 37.6 Å². The molecule has 1 aromatic carbocycles. The Morgan fingerprint density at radius 2 is 2.24 bits per heavy atom. The zero-order chi connectivity index (χ0) is 15.0. The van der Waals surface area contributed by atoms with Gasteiger partial charge in [-0.25, -0.2) is 0 Å². The molecule has 1 aromatic heterocycles. The topological polar surface area (TPSA) is 71.9 Å². The summed E-state index contributed by atoms with van der Waals surface area (Å²) in [6.45, 7) is 5.91. The lowest BCUT2D eigenvalue weighted by Gasteiger charge is -2.32. The minimum atomic E-state index is -0.393. The van der Waals surface area contributed by atoms with Gasteiger partial charge in [-0.1, -0.05) is 0 Å². The second kappa shape index (κ2) is 5.23. The molecule has 1 fully saturated rings. The summed E-state index contributed by atoms with van der Waals surface area (Å²) in [5.74, 6) is -0.0665. The first-order valence-corrected chi connectivity index (χ1v) is 7.12. The number of hydrogen-bond acceptors (Lipinski definition) is 3. The quantitative estimate of drug-likeness (QED) is 0.836. The van der Waals surface area contributed by atoms with Crippen LogP contribution in [0.25, 0.3) is 10.9 Å². The zero-order valence-electron chi connectivity index (χ0n) is 12.2. The highest BCUT2D eigenvalue weighted by molar-refractivity contribution is 5.99. The number of nitrogens with one attached hydrogen (secondary N) is 2. The van der Waals surface area contributed by atoms with Crippen molar-refractivity contribution in [3.05, 3.63) is 35.0 Å². The Labute approximate surface area is 123 Å². The van der Waals surface area contributed by atoms with Gasteiger partial charge in [0.05, 0.1) is 6.07 Å². The third-order valence-corrected chi connectivity index (χ3v) is 4.21. The molecule has 21 heavy (non-hydrogen) atoms. The van der Waals surface area contributed by atoms with Crippen molar-refractivity contribution in [2.75, 3.05) is 19.6 Å². The largest absolute Gasteiger partial charge is 0.358 e.